The van der Waals surface area contributed by atoms with Crippen LogP contribution in [0.1, 0.15) is 12.8 Å². The number of amides is 1. The van der Waals surface area contributed by atoms with Crippen molar-refractivity contribution in [3.05, 3.63) is 22.0 Å². The van der Waals surface area contributed by atoms with Gasteiger partial charge in [-0.25, -0.2) is 14.6 Å². The zero-order chi connectivity index (χ0) is 15.9. The summed E-state index contributed by atoms with van der Waals surface area (Å²) in [4.78, 5) is 34.9. The van der Waals surface area contributed by atoms with Gasteiger partial charge < -0.3 is 15.0 Å². The SMILES string of the molecule is N#CC1(n2c(=O)[nH]c3cnc(Cl)nc32)CCN(C(=O)O)CC1. The Labute approximate surface area is 128 Å². The Bertz CT molecular complexity index is 843. The molecule has 1 amide bonds. The highest BCUT2D eigenvalue weighted by atomic mass is 35.5. The highest BCUT2D eigenvalue weighted by Gasteiger charge is 2.40. The van der Waals surface area contributed by atoms with E-state index in [2.05, 4.69) is 21.0 Å². The molecule has 2 N–H and O–H groups in total. The second kappa shape index (κ2) is 4.99. The highest BCUT2D eigenvalue weighted by molar-refractivity contribution is 6.28. The summed E-state index contributed by atoms with van der Waals surface area (Å²) in [5, 5.41) is 18.6. The number of nitrogens with one attached hydrogen (secondary N) is 1. The van der Waals surface area contributed by atoms with Gasteiger partial charge in [0.15, 0.2) is 5.65 Å². The van der Waals surface area contributed by atoms with E-state index in [4.69, 9.17) is 16.7 Å². The number of nitriles is 1. The van der Waals surface area contributed by atoms with Gasteiger partial charge in [-0.2, -0.15) is 10.2 Å². The van der Waals surface area contributed by atoms with Crippen molar-refractivity contribution in [2.75, 3.05) is 13.1 Å². The van der Waals surface area contributed by atoms with Crippen molar-refractivity contribution in [2.45, 2.75) is 18.4 Å². The topological polar surface area (TPSA) is 128 Å². The Kier molecular flexibility index (Phi) is 3.26. The van der Waals surface area contributed by atoms with E-state index < -0.39 is 17.3 Å². The molecule has 10 heteroatoms. The number of halogens is 1. The van der Waals surface area contributed by atoms with Crippen LogP contribution in [0.15, 0.2) is 11.0 Å². The molecule has 2 aromatic rings. The van der Waals surface area contributed by atoms with E-state index in [1.54, 1.807) is 0 Å². The van der Waals surface area contributed by atoms with Crippen molar-refractivity contribution in [1.29, 1.82) is 5.26 Å². The average molecular weight is 323 g/mol. The number of nitrogens with zero attached hydrogens (tertiary/aromatic N) is 5. The van der Waals surface area contributed by atoms with Gasteiger partial charge in [0.2, 0.25) is 5.28 Å². The number of rotatable bonds is 1. The van der Waals surface area contributed by atoms with Gasteiger partial charge in [0.05, 0.1) is 12.3 Å². The summed E-state index contributed by atoms with van der Waals surface area (Å²) in [7, 11) is 0. The normalized spacial score (nSPS) is 17.4. The molecular weight excluding hydrogens is 312 g/mol. The molecule has 1 saturated heterocycles. The van der Waals surface area contributed by atoms with E-state index >= 15 is 0 Å². The molecule has 22 heavy (non-hydrogen) atoms. The highest BCUT2D eigenvalue weighted by Crippen LogP contribution is 2.30. The molecule has 1 aliphatic heterocycles. The first-order chi connectivity index (χ1) is 10.5. The van der Waals surface area contributed by atoms with E-state index in [1.165, 1.54) is 15.7 Å². The van der Waals surface area contributed by atoms with E-state index in [-0.39, 0.29) is 36.9 Å². The second-order valence-corrected chi connectivity index (χ2v) is 5.39. The van der Waals surface area contributed by atoms with E-state index in [1.807, 2.05) is 0 Å². The van der Waals surface area contributed by atoms with Crippen LogP contribution in [-0.2, 0) is 5.54 Å². The Hall–Kier alpha value is -2.60. The van der Waals surface area contributed by atoms with Crippen LogP contribution < -0.4 is 5.69 Å². The number of aromatic nitrogens is 4. The van der Waals surface area contributed by atoms with E-state index in [0.29, 0.717) is 5.52 Å². The molecule has 0 saturated carbocycles. The molecule has 0 bridgehead atoms. The summed E-state index contributed by atoms with van der Waals surface area (Å²) in [6.45, 7) is 0.335. The number of fused-ring (bicyclic) bond motifs is 1. The minimum atomic E-state index is -1.15. The van der Waals surface area contributed by atoms with Gasteiger partial charge in [-0.05, 0) is 11.6 Å². The molecule has 0 aliphatic carbocycles. The fraction of sp³-hybridized carbons (Fsp3) is 0.417. The maximum atomic E-state index is 12.2. The van der Waals surface area contributed by atoms with Crippen molar-refractivity contribution in [3.8, 4) is 6.07 Å². The molecule has 1 fully saturated rings. The Morgan fingerprint density at radius 1 is 1.50 bits per heavy atom. The van der Waals surface area contributed by atoms with Gasteiger partial charge in [0.25, 0.3) is 0 Å². The maximum Gasteiger partial charge on any atom is 0.407 e. The number of H-pyrrole nitrogens is 1. The first-order valence-electron chi connectivity index (χ1n) is 6.50. The van der Waals surface area contributed by atoms with E-state index in [0.717, 1.165) is 0 Å². The fourth-order valence-corrected chi connectivity index (χ4v) is 2.86. The van der Waals surface area contributed by atoms with Crippen LogP contribution >= 0.6 is 11.6 Å². The summed E-state index contributed by atoms with van der Waals surface area (Å²) in [6, 6.07) is 2.15. The largest absolute Gasteiger partial charge is 0.465 e. The first kappa shape index (κ1) is 14.3. The number of hydrogen-bond acceptors (Lipinski definition) is 5. The molecule has 0 aromatic carbocycles. The monoisotopic (exact) mass is 322 g/mol. The second-order valence-electron chi connectivity index (χ2n) is 5.05. The lowest BCUT2D eigenvalue weighted by atomic mass is 9.88. The minimum Gasteiger partial charge on any atom is -0.465 e. The lowest BCUT2D eigenvalue weighted by molar-refractivity contribution is 0.112. The van der Waals surface area contributed by atoms with Crippen molar-refractivity contribution >= 4 is 28.9 Å². The number of aromatic amines is 1. The van der Waals surface area contributed by atoms with Gasteiger partial charge in [0.1, 0.15) is 11.1 Å². The third-order valence-electron chi connectivity index (χ3n) is 3.89. The molecule has 0 radical (unpaired) electrons. The van der Waals surface area contributed by atoms with Crippen molar-refractivity contribution in [2.24, 2.45) is 0 Å². The molecule has 3 heterocycles. The van der Waals surface area contributed by atoms with Crippen LogP contribution in [0.25, 0.3) is 11.2 Å². The third-order valence-corrected chi connectivity index (χ3v) is 4.08. The van der Waals surface area contributed by atoms with Crippen LogP contribution in [-0.4, -0.2) is 48.7 Å². The van der Waals surface area contributed by atoms with Crippen LogP contribution in [0.5, 0.6) is 0 Å². The van der Waals surface area contributed by atoms with Crippen LogP contribution in [0.2, 0.25) is 5.28 Å². The Balaban J connectivity index is 2.11. The zero-order valence-corrected chi connectivity index (χ0v) is 12.0. The molecule has 3 rings (SSSR count). The zero-order valence-electron chi connectivity index (χ0n) is 11.3. The Morgan fingerprint density at radius 2 is 2.18 bits per heavy atom. The van der Waals surface area contributed by atoms with E-state index in [9.17, 15) is 14.9 Å². The molecule has 114 valence electrons. The van der Waals surface area contributed by atoms with Gasteiger partial charge in [-0.15, -0.1) is 0 Å². The summed E-state index contributed by atoms with van der Waals surface area (Å²) in [5.74, 6) is 0. The number of likely N-dealkylation sites (tertiary alicyclic amines) is 1. The number of carboxylic acid groups (broad SMARTS) is 1. The standard InChI is InChI=1S/C12H11ClN6O3/c13-9-15-5-7-8(17-9)19(10(20)16-7)12(6-14)1-3-18(4-2-12)11(21)22/h5H,1-4H2,(H,16,20)(H,21,22). The summed E-state index contributed by atoms with van der Waals surface area (Å²) >= 11 is 5.77. The number of piperidine rings is 1. The third kappa shape index (κ3) is 2.08. The predicted octanol–water partition coefficient (Wildman–Crippen LogP) is 0.766. The number of imidazole rings is 1. The van der Waals surface area contributed by atoms with Crippen molar-refractivity contribution in [3.63, 3.8) is 0 Å². The molecule has 9 nitrogen and oxygen atoms in total. The molecule has 2 aromatic heterocycles. The number of carbonyl (C=O) groups is 1. The lowest BCUT2D eigenvalue weighted by Gasteiger charge is -2.36. The van der Waals surface area contributed by atoms with Crippen molar-refractivity contribution in [1.82, 2.24) is 24.4 Å². The summed E-state index contributed by atoms with van der Waals surface area (Å²) in [5.41, 5.74) is -1.02. The summed E-state index contributed by atoms with van der Waals surface area (Å²) in [6.07, 6.45) is 0.734. The predicted molar refractivity (Wildman–Crippen MR) is 75.6 cm³/mol. The smallest absolute Gasteiger partial charge is 0.407 e. The Morgan fingerprint density at radius 3 is 2.77 bits per heavy atom. The van der Waals surface area contributed by atoms with Crippen LogP contribution in [0.3, 0.4) is 0 Å². The molecule has 0 spiro atoms. The maximum absolute atomic E-state index is 12.2. The average Bonchev–Trinajstić information content (AvgIpc) is 2.83. The van der Waals surface area contributed by atoms with Crippen LogP contribution in [0.4, 0.5) is 4.79 Å². The molecule has 0 unspecified atom stereocenters. The van der Waals surface area contributed by atoms with Gasteiger partial charge in [-0.3, -0.25) is 4.57 Å². The molecular formula is C12H11ClN6O3. The first-order valence-corrected chi connectivity index (χ1v) is 6.87. The van der Waals surface area contributed by atoms with Crippen molar-refractivity contribution < 1.29 is 9.90 Å². The quantitative estimate of drug-likeness (QED) is 0.746. The van der Waals surface area contributed by atoms with Gasteiger partial charge in [0, 0.05) is 25.9 Å². The summed E-state index contributed by atoms with van der Waals surface area (Å²) < 4.78 is 1.26. The van der Waals surface area contributed by atoms with Gasteiger partial charge >= 0.3 is 11.8 Å². The minimum absolute atomic E-state index is 0.0312. The molecule has 1 aliphatic rings. The van der Waals surface area contributed by atoms with Crippen LogP contribution in [0, 0.1) is 11.3 Å². The fourth-order valence-electron chi connectivity index (χ4n) is 2.73. The van der Waals surface area contributed by atoms with Gasteiger partial charge in [-0.1, -0.05) is 0 Å². The number of hydrogen-bond donors (Lipinski definition) is 2. The molecule has 0 atom stereocenters. The lowest BCUT2D eigenvalue weighted by Crippen LogP contribution is -2.49.